The maximum absolute atomic E-state index is 11.8. The van der Waals surface area contributed by atoms with E-state index < -0.39 is 0 Å². The molecule has 1 N–H and O–H groups in total. The summed E-state index contributed by atoms with van der Waals surface area (Å²) in [5, 5.41) is 5.32. The Hall–Kier alpha value is -0.250. The predicted molar refractivity (Wildman–Crippen MR) is 70.9 cm³/mol. The second-order valence-corrected chi connectivity index (χ2v) is 5.49. The fourth-order valence-corrected chi connectivity index (χ4v) is 2.79. The second kappa shape index (κ2) is 6.48. The lowest BCUT2D eigenvalue weighted by Crippen LogP contribution is -2.28. The van der Waals surface area contributed by atoms with E-state index in [9.17, 15) is 4.79 Å². The number of amides is 1. The molecule has 0 aliphatic heterocycles. The summed E-state index contributed by atoms with van der Waals surface area (Å²) < 4.78 is 0. The van der Waals surface area contributed by atoms with Gasteiger partial charge in [-0.2, -0.15) is 0 Å². The van der Waals surface area contributed by atoms with E-state index >= 15 is 0 Å². The van der Waals surface area contributed by atoms with Crippen LogP contribution in [0.4, 0.5) is 0 Å². The number of carbonyl (C=O) groups is 1. The number of rotatable bonds is 5. The number of thiophene rings is 1. The van der Waals surface area contributed by atoms with Crippen molar-refractivity contribution in [1.29, 1.82) is 0 Å². The highest BCUT2D eigenvalue weighted by molar-refractivity contribution is 7.13. The van der Waals surface area contributed by atoms with E-state index in [0.29, 0.717) is 28.2 Å². The van der Waals surface area contributed by atoms with Gasteiger partial charge >= 0.3 is 0 Å². The molecule has 2 nitrogen and oxygen atoms in total. The van der Waals surface area contributed by atoms with E-state index in [2.05, 4.69) is 12.2 Å². The van der Waals surface area contributed by atoms with Crippen LogP contribution in [-0.4, -0.2) is 18.3 Å². The van der Waals surface area contributed by atoms with Gasteiger partial charge < -0.3 is 5.32 Å². The van der Waals surface area contributed by atoms with Crippen LogP contribution in [0.1, 0.15) is 28.6 Å². The Balaban J connectivity index is 2.50. The van der Waals surface area contributed by atoms with Crippen LogP contribution in [0.25, 0.3) is 0 Å². The molecule has 0 spiro atoms. The van der Waals surface area contributed by atoms with Crippen molar-refractivity contribution in [2.75, 3.05) is 12.4 Å². The number of hydrogen-bond acceptors (Lipinski definition) is 2. The van der Waals surface area contributed by atoms with Crippen LogP contribution in [0, 0.1) is 12.8 Å². The molecule has 0 aliphatic rings. The number of hydrogen-bond donors (Lipinski definition) is 1. The molecular formula is C11H15Cl2NOS. The summed E-state index contributed by atoms with van der Waals surface area (Å²) in [7, 11) is 0. The highest BCUT2D eigenvalue weighted by Gasteiger charge is 2.14. The first-order valence-corrected chi connectivity index (χ1v) is 6.93. The molecule has 0 aromatic carbocycles. The first-order chi connectivity index (χ1) is 7.56. The summed E-state index contributed by atoms with van der Waals surface area (Å²) in [5.41, 5.74) is 0.950. The third kappa shape index (κ3) is 3.65. The molecule has 5 heteroatoms. The summed E-state index contributed by atoms with van der Waals surface area (Å²) >= 11 is 13.0. The monoisotopic (exact) mass is 279 g/mol. The van der Waals surface area contributed by atoms with Crippen molar-refractivity contribution in [3.8, 4) is 0 Å². The van der Waals surface area contributed by atoms with Crippen LogP contribution >= 0.6 is 34.5 Å². The molecule has 90 valence electrons. The van der Waals surface area contributed by atoms with Gasteiger partial charge in [0, 0.05) is 12.4 Å². The SMILES string of the molecule is Cc1csc(C(=O)NCC(C)CCCl)c1Cl. The van der Waals surface area contributed by atoms with Gasteiger partial charge in [0.1, 0.15) is 4.88 Å². The number of aryl methyl sites for hydroxylation is 1. The standard InChI is InChI=1S/C11H15Cl2NOS/c1-7(3-4-12)5-14-11(15)10-9(13)8(2)6-16-10/h6-7H,3-5H2,1-2H3,(H,14,15). The molecule has 0 fully saturated rings. The zero-order chi connectivity index (χ0) is 12.1. The molecule has 1 aromatic rings. The Morgan fingerprint density at radius 2 is 2.31 bits per heavy atom. The molecule has 0 bridgehead atoms. The number of nitrogens with one attached hydrogen (secondary N) is 1. The molecule has 1 amide bonds. The first-order valence-electron chi connectivity index (χ1n) is 5.14. The number of carbonyl (C=O) groups excluding carboxylic acids is 1. The average molecular weight is 280 g/mol. The van der Waals surface area contributed by atoms with Crippen molar-refractivity contribution in [3.63, 3.8) is 0 Å². The summed E-state index contributed by atoms with van der Waals surface area (Å²) in [5.74, 6) is 0.918. The van der Waals surface area contributed by atoms with Crippen LogP contribution in [-0.2, 0) is 0 Å². The normalized spacial score (nSPS) is 12.5. The van der Waals surface area contributed by atoms with Gasteiger partial charge in [0.15, 0.2) is 0 Å². The molecule has 1 rings (SSSR count). The van der Waals surface area contributed by atoms with Crippen molar-refractivity contribution < 1.29 is 4.79 Å². The van der Waals surface area contributed by atoms with Gasteiger partial charge in [0.25, 0.3) is 5.91 Å². The minimum absolute atomic E-state index is 0.0930. The van der Waals surface area contributed by atoms with E-state index in [0.717, 1.165) is 12.0 Å². The van der Waals surface area contributed by atoms with Gasteiger partial charge in [-0.1, -0.05) is 18.5 Å². The predicted octanol–water partition coefficient (Wildman–Crippen LogP) is 3.70. The highest BCUT2D eigenvalue weighted by Crippen LogP contribution is 2.26. The molecule has 1 unspecified atom stereocenters. The first kappa shape index (κ1) is 13.8. The van der Waals surface area contributed by atoms with Crippen molar-refractivity contribution in [2.24, 2.45) is 5.92 Å². The van der Waals surface area contributed by atoms with Crippen LogP contribution in [0.5, 0.6) is 0 Å². The molecule has 0 radical (unpaired) electrons. The third-order valence-corrected chi connectivity index (χ3v) is 4.23. The van der Waals surface area contributed by atoms with Gasteiger partial charge in [-0.05, 0) is 30.2 Å². The third-order valence-electron chi connectivity index (χ3n) is 2.32. The van der Waals surface area contributed by atoms with Crippen LogP contribution in [0.2, 0.25) is 5.02 Å². The molecular weight excluding hydrogens is 265 g/mol. The van der Waals surface area contributed by atoms with E-state index in [1.54, 1.807) is 0 Å². The molecule has 0 aliphatic carbocycles. The summed E-state index contributed by atoms with van der Waals surface area (Å²) in [6, 6.07) is 0. The Labute approximate surface area is 110 Å². The van der Waals surface area contributed by atoms with Gasteiger partial charge in [-0.15, -0.1) is 22.9 Å². The second-order valence-electron chi connectivity index (χ2n) is 3.85. The summed E-state index contributed by atoms with van der Waals surface area (Å²) in [4.78, 5) is 12.4. The zero-order valence-electron chi connectivity index (χ0n) is 9.35. The topological polar surface area (TPSA) is 29.1 Å². The number of halogens is 2. The highest BCUT2D eigenvalue weighted by atomic mass is 35.5. The van der Waals surface area contributed by atoms with Crippen LogP contribution < -0.4 is 5.32 Å². The van der Waals surface area contributed by atoms with E-state index in [1.807, 2.05) is 12.3 Å². The lowest BCUT2D eigenvalue weighted by molar-refractivity contribution is 0.0952. The quantitative estimate of drug-likeness (QED) is 0.818. The maximum atomic E-state index is 11.8. The van der Waals surface area contributed by atoms with Gasteiger partial charge in [-0.25, -0.2) is 0 Å². The van der Waals surface area contributed by atoms with Gasteiger partial charge in [0.05, 0.1) is 5.02 Å². The zero-order valence-corrected chi connectivity index (χ0v) is 11.7. The van der Waals surface area contributed by atoms with E-state index in [4.69, 9.17) is 23.2 Å². The molecule has 0 saturated carbocycles. The fraction of sp³-hybridized carbons (Fsp3) is 0.545. The van der Waals surface area contributed by atoms with Crippen molar-refractivity contribution in [1.82, 2.24) is 5.32 Å². The Morgan fingerprint density at radius 3 is 2.81 bits per heavy atom. The minimum Gasteiger partial charge on any atom is -0.351 e. The van der Waals surface area contributed by atoms with Crippen LogP contribution in [0.3, 0.4) is 0 Å². The van der Waals surface area contributed by atoms with Gasteiger partial charge in [-0.3, -0.25) is 4.79 Å². The largest absolute Gasteiger partial charge is 0.351 e. The smallest absolute Gasteiger partial charge is 0.262 e. The summed E-state index contributed by atoms with van der Waals surface area (Å²) in [6.07, 6.45) is 0.902. The van der Waals surface area contributed by atoms with E-state index in [-0.39, 0.29) is 5.91 Å². The molecule has 0 saturated heterocycles. The van der Waals surface area contributed by atoms with Crippen molar-refractivity contribution >= 4 is 40.4 Å². The molecule has 1 atom stereocenters. The lowest BCUT2D eigenvalue weighted by atomic mass is 10.1. The average Bonchev–Trinajstić information content (AvgIpc) is 2.57. The van der Waals surface area contributed by atoms with Crippen molar-refractivity contribution in [2.45, 2.75) is 20.3 Å². The van der Waals surface area contributed by atoms with Crippen LogP contribution in [0.15, 0.2) is 5.38 Å². The number of alkyl halides is 1. The molecule has 16 heavy (non-hydrogen) atoms. The van der Waals surface area contributed by atoms with Crippen molar-refractivity contribution in [3.05, 3.63) is 20.8 Å². The Morgan fingerprint density at radius 1 is 1.62 bits per heavy atom. The van der Waals surface area contributed by atoms with E-state index in [1.165, 1.54) is 11.3 Å². The molecule has 1 heterocycles. The van der Waals surface area contributed by atoms with Gasteiger partial charge in [0.2, 0.25) is 0 Å². The Kier molecular flexibility index (Phi) is 5.59. The Bertz CT molecular complexity index is 365. The lowest BCUT2D eigenvalue weighted by Gasteiger charge is -2.10. The molecule has 1 aromatic heterocycles. The fourth-order valence-electron chi connectivity index (χ4n) is 1.22. The minimum atomic E-state index is -0.0930. The maximum Gasteiger partial charge on any atom is 0.262 e. The summed E-state index contributed by atoms with van der Waals surface area (Å²) in [6.45, 7) is 4.59.